The molecule has 0 radical (unpaired) electrons. The standard InChI is InChI=1S/C11H24N2/c1-5-9-7-10(9)12-8-11(3,4)13-6-2/h9-10,12-13H,5-8H2,1-4H3. The average molecular weight is 184 g/mol. The van der Waals surface area contributed by atoms with Crippen LogP contribution >= 0.6 is 0 Å². The third-order valence-corrected chi connectivity index (χ3v) is 2.91. The van der Waals surface area contributed by atoms with Crippen LogP contribution in [0.15, 0.2) is 0 Å². The Balaban J connectivity index is 2.11. The van der Waals surface area contributed by atoms with E-state index in [0.29, 0.717) is 0 Å². The summed E-state index contributed by atoms with van der Waals surface area (Å²) in [6.45, 7) is 11.1. The van der Waals surface area contributed by atoms with Crippen molar-refractivity contribution in [1.29, 1.82) is 0 Å². The van der Waals surface area contributed by atoms with Crippen molar-refractivity contribution in [1.82, 2.24) is 10.6 Å². The summed E-state index contributed by atoms with van der Waals surface area (Å²) in [5.74, 6) is 0.956. The molecule has 1 fully saturated rings. The smallest absolute Gasteiger partial charge is 0.0249 e. The molecule has 0 aromatic rings. The largest absolute Gasteiger partial charge is 0.312 e. The van der Waals surface area contributed by atoms with Crippen LogP contribution in [0.1, 0.15) is 40.5 Å². The Morgan fingerprint density at radius 1 is 1.31 bits per heavy atom. The maximum absolute atomic E-state index is 3.62. The minimum atomic E-state index is 0.246. The van der Waals surface area contributed by atoms with Crippen LogP contribution in [0.2, 0.25) is 0 Å². The van der Waals surface area contributed by atoms with Gasteiger partial charge in [-0.2, -0.15) is 0 Å². The van der Waals surface area contributed by atoms with Gasteiger partial charge in [-0.3, -0.25) is 0 Å². The van der Waals surface area contributed by atoms with Crippen LogP contribution in [0.4, 0.5) is 0 Å². The van der Waals surface area contributed by atoms with E-state index in [-0.39, 0.29) is 5.54 Å². The molecule has 1 saturated carbocycles. The van der Waals surface area contributed by atoms with Gasteiger partial charge in [0.1, 0.15) is 0 Å². The van der Waals surface area contributed by atoms with Crippen LogP contribution in [0, 0.1) is 5.92 Å². The van der Waals surface area contributed by atoms with Gasteiger partial charge in [0.15, 0.2) is 0 Å². The predicted octanol–water partition coefficient (Wildman–Crippen LogP) is 1.76. The van der Waals surface area contributed by atoms with Crippen LogP contribution in [-0.4, -0.2) is 24.7 Å². The second-order valence-corrected chi connectivity index (χ2v) is 4.81. The van der Waals surface area contributed by atoms with Gasteiger partial charge in [-0.25, -0.2) is 0 Å². The van der Waals surface area contributed by atoms with Crippen LogP contribution in [-0.2, 0) is 0 Å². The van der Waals surface area contributed by atoms with Gasteiger partial charge < -0.3 is 10.6 Å². The monoisotopic (exact) mass is 184 g/mol. The average Bonchev–Trinajstić information content (AvgIpc) is 2.79. The fraction of sp³-hybridized carbons (Fsp3) is 1.00. The number of likely N-dealkylation sites (N-methyl/N-ethyl adjacent to an activating group) is 1. The lowest BCUT2D eigenvalue weighted by molar-refractivity contribution is 0.369. The first kappa shape index (κ1) is 11.0. The molecule has 0 aromatic carbocycles. The van der Waals surface area contributed by atoms with E-state index in [4.69, 9.17) is 0 Å². The first-order chi connectivity index (χ1) is 6.09. The first-order valence-corrected chi connectivity index (χ1v) is 5.57. The van der Waals surface area contributed by atoms with Gasteiger partial charge in [0.2, 0.25) is 0 Å². The van der Waals surface area contributed by atoms with Crippen LogP contribution < -0.4 is 10.6 Å². The van der Waals surface area contributed by atoms with Gasteiger partial charge >= 0.3 is 0 Å². The highest BCUT2D eigenvalue weighted by Crippen LogP contribution is 2.33. The summed E-state index contributed by atoms with van der Waals surface area (Å²) < 4.78 is 0. The van der Waals surface area contributed by atoms with Crippen LogP contribution in [0.5, 0.6) is 0 Å². The molecule has 2 N–H and O–H groups in total. The molecule has 2 nitrogen and oxygen atoms in total. The molecule has 2 heteroatoms. The van der Waals surface area contributed by atoms with Gasteiger partial charge in [0.05, 0.1) is 0 Å². The Morgan fingerprint density at radius 2 is 2.00 bits per heavy atom. The maximum Gasteiger partial charge on any atom is 0.0249 e. The summed E-state index contributed by atoms with van der Waals surface area (Å²) in [7, 11) is 0. The number of nitrogens with one attached hydrogen (secondary N) is 2. The molecular formula is C11H24N2. The molecule has 0 amide bonds. The lowest BCUT2D eigenvalue weighted by atomic mass is 10.1. The van der Waals surface area contributed by atoms with Gasteiger partial charge in [0, 0.05) is 18.1 Å². The zero-order valence-corrected chi connectivity index (χ0v) is 9.48. The first-order valence-electron chi connectivity index (χ1n) is 5.57. The van der Waals surface area contributed by atoms with Crippen molar-refractivity contribution in [3.8, 4) is 0 Å². The van der Waals surface area contributed by atoms with E-state index in [2.05, 4.69) is 38.3 Å². The number of rotatable bonds is 6. The molecule has 0 aliphatic heterocycles. The fourth-order valence-electron chi connectivity index (χ4n) is 1.88. The van der Waals surface area contributed by atoms with Crippen molar-refractivity contribution < 1.29 is 0 Å². The molecular weight excluding hydrogens is 160 g/mol. The normalized spacial score (nSPS) is 27.7. The summed E-state index contributed by atoms with van der Waals surface area (Å²) in [6.07, 6.45) is 2.72. The summed E-state index contributed by atoms with van der Waals surface area (Å²) in [5.41, 5.74) is 0.246. The van der Waals surface area contributed by atoms with E-state index in [1.165, 1.54) is 12.8 Å². The molecule has 2 unspecified atom stereocenters. The Labute approximate surface area is 82.5 Å². The van der Waals surface area contributed by atoms with Gasteiger partial charge in [-0.15, -0.1) is 0 Å². The highest BCUT2D eigenvalue weighted by molar-refractivity contribution is 4.94. The van der Waals surface area contributed by atoms with Crippen molar-refractivity contribution in [2.24, 2.45) is 5.92 Å². The van der Waals surface area contributed by atoms with Crippen molar-refractivity contribution >= 4 is 0 Å². The zero-order valence-electron chi connectivity index (χ0n) is 9.48. The zero-order chi connectivity index (χ0) is 9.90. The third kappa shape index (κ3) is 3.65. The van der Waals surface area contributed by atoms with Crippen molar-refractivity contribution in [3.05, 3.63) is 0 Å². The quantitative estimate of drug-likeness (QED) is 0.657. The summed E-state index contributed by atoms with van der Waals surface area (Å²) >= 11 is 0. The van der Waals surface area contributed by atoms with E-state index in [1.54, 1.807) is 0 Å². The minimum Gasteiger partial charge on any atom is -0.312 e. The molecule has 0 aromatic heterocycles. The Hall–Kier alpha value is -0.0800. The van der Waals surface area contributed by atoms with Crippen LogP contribution in [0.25, 0.3) is 0 Å². The fourth-order valence-corrected chi connectivity index (χ4v) is 1.88. The molecule has 1 rings (SSSR count). The van der Waals surface area contributed by atoms with E-state index in [1.807, 2.05) is 0 Å². The number of hydrogen-bond acceptors (Lipinski definition) is 2. The van der Waals surface area contributed by atoms with E-state index in [0.717, 1.165) is 25.0 Å². The molecule has 0 heterocycles. The molecule has 2 atom stereocenters. The molecule has 1 aliphatic rings. The molecule has 0 saturated heterocycles. The molecule has 0 spiro atoms. The van der Waals surface area contributed by atoms with Gasteiger partial charge in [-0.05, 0) is 32.7 Å². The molecule has 1 aliphatic carbocycles. The van der Waals surface area contributed by atoms with Gasteiger partial charge in [0.25, 0.3) is 0 Å². The molecule has 13 heavy (non-hydrogen) atoms. The predicted molar refractivity (Wildman–Crippen MR) is 57.9 cm³/mol. The topological polar surface area (TPSA) is 24.1 Å². The Bertz CT molecular complexity index is 154. The highest BCUT2D eigenvalue weighted by Gasteiger charge is 2.35. The van der Waals surface area contributed by atoms with E-state index >= 15 is 0 Å². The summed E-state index contributed by atoms with van der Waals surface area (Å²) in [4.78, 5) is 0. The summed E-state index contributed by atoms with van der Waals surface area (Å²) in [6, 6.07) is 0.808. The third-order valence-electron chi connectivity index (χ3n) is 2.91. The minimum absolute atomic E-state index is 0.246. The van der Waals surface area contributed by atoms with Crippen molar-refractivity contribution in [2.75, 3.05) is 13.1 Å². The second-order valence-electron chi connectivity index (χ2n) is 4.81. The summed E-state index contributed by atoms with van der Waals surface area (Å²) in [5, 5.41) is 7.10. The second kappa shape index (κ2) is 4.43. The van der Waals surface area contributed by atoms with Gasteiger partial charge in [-0.1, -0.05) is 20.3 Å². The Morgan fingerprint density at radius 3 is 2.46 bits per heavy atom. The molecule has 78 valence electrons. The number of hydrogen-bond donors (Lipinski definition) is 2. The lowest BCUT2D eigenvalue weighted by Crippen LogP contribution is -2.48. The lowest BCUT2D eigenvalue weighted by Gasteiger charge is -2.26. The van der Waals surface area contributed by atoms with Crippen molar-refractivity contribution in [2.45, 2.75) is 52.1 Å². The van der Waals surface area contributed by atoms with Crippen molar-refractivity contribution in [3.63, 3.8) is 0 Å². The maximum atomic E-state index is 3.62. The SMILES string of the molecule is CCNC(C)(C)CNC1CC1CC. The highest BCUT2D eigenvalue weighted by atomic mass is 15.1. The van der Waals surface area contributed by atoms with Crippen LogP contribution in [0.3, 0.4) is 0 Å². The molecule has 0 bridgehead atoms. The van der Waals surface area contributed by atoms with E-state index in [9.17, 15) is 0 Å². The van der Waals surface area contributed by atoms with E-state index < -0.39 is 0 Å². The Kier molecular flexibility index (Phi) is 3.74.